The summed E-state index contributed by atoms with van der Waals surface area (Å²) in [6.45, 7) is 2.25. The van der Waals surface area contributed by atoms with Crippen LogP contribution in [0.25, 0.3) is 0 Å². The highest BCUT2D eigenvalue weighted by atomic mass is 35.5. The van der Waals surface area contributed by atoms with Gasteiger partial charge in [-0.15, -0.1) is 0 Å². The molecule has 0 saturated carbocycles. The first-order chi connectivity index (χ1) is 13.9. The van der Waals surface area contributed by atoms with Crippen LogP contribution in [0.1, 0.15) is 23.0 Å². The molecular formula is C20H20ClN3O4S. The van der Waals surface area contributed by atoms with E-state index in [1.54, 1.807) is 11.5 Å². The van der Waals surface area contributed by atoms with Crippen LogP contribution in [0, 0.1) is 0 Å². The summed E-state index contributed by atoms with van der Waals surface area (Å²) in [4.78, 5) is 16.4. The summed E-state index contributed by atoms with van der Waals surface area (Å²) in [5.74, 6) is -0.630. The van der Waals surface area contributed by atoms with Crippen molar-refractivity contribution < 1.29 is 17.9 Å². The van der Waals surface area contributed by atoms with Crippen LogP contribution in [0.5, 0.6) is 0 Å². The highest BCUT2D eigenvalue weighted by molar-refractivity contribution is 7.92. The molecule has 152 valence electrons. The van der Waals surface area contributed by atoms with Gasteiger partial charge in [-0.2, -0.15) is 0 Å². The standard InChI is InChI=1S/C20H20ClN3O4S/c1-2-28-20(25)18-19(23-29(26,27)17-10-8-16(21)9-11-17)24(14-22-18)13-12-15-6-4-3-5-7-15/h3-11,14,23H,2,12-13H2,1H3. The second-order valence-corrected chi connectivity index (χ2v) is 8.27. The van der Waals surface area contributed by atoms with Crippen molar-refractivity contribution in [2.75, 3.05) is 11.3 Å². The zero-order chi connectivity index (χ0) is 20.9. The number of ether oxygens (including phenoxy) is 1. The normalized spacial score (nSPS) is 11.2. The highest BCUT2D eigenvalue weighted by Crippen LogP contribution is 2.22. The Balaban J connectivity index is 1.92. The predicted octanol–water partition coefficient (Wildman–Crippen LogP) is 3.76. The number of nitrogens with one attached hydrogen (secondary N) is 1. The van der Waals surface area contributed by atoms with Gasteiger partial charge in [-0.3, -0.25) is 4.72 Å². The number of carbonyl (C=O) groups is 1. The molecule has 0 saturated heterocycles. The van der Waals surface area contributed by atoms with Gasteiger partial charge in [0.25, 0.3) is 10.0 Å². The van der Waals surface area contributed by atoms with Crippen LogP contribution < -0.4 is 4.72 Å². The van der Waals surface area contributed by atoms with E-state index in [0.717, 1.165) is 5.56 Å². The van der Waals surface area contributed by atoms with E-state index in [2.05, 4.69) is 9.71 Å². The third kappa shape index (κ3) is 5.16. The van der Waals surface area contributed by atoms with E-state index in [0.29, 0.717) is 18.0 Å². The molecule has 0 aliphatic rings. The number of hydrogen-bond acceptors (Lipinski definition) is 5. The van der Waals surface area contributed by atoms with Gasteiger partial charge in [0.1, 0.15) is 0 Å². The number of hydrogen-bond donors (Lipinski definition) is 1. The van der Waals surface area contributed by atoms with Crippen molar-refractivity contribution in [3.8, 4) is 0 Å². The molecule has 3 aromatic rings. The van der Waals surface area contributed by atoms with Gasteiger partial charge in [0.15, 0.2) is 11.5 Å². The minimum absolute atomic E-state index is 0.0209. The zero-order valence-corrected chi connectivity index (χ0v) is 17.3. The number of aromatic nitrogens is 2. The summed E-state index contributed by atoms with van der Waals surface area (Å²) >= 11 is 5.84. The number of halogens is 1. The van der Waals surface area contributed by atoms with Crippen molar-refractivity contribution in [3.63, 3.8) is 0 Å². The number of aryl methyl sites for hydroxylation is 2. The van der Waals surface area contributed by atoms with Gasteiger partial charge in [0.2, 0.25) is 0 Å². The van der Waals surface area contributed by atoms with Crippen molar-refractivity contribution in [2.24, 2.45) is 0 Å². The molecule has 9 heteroatoms. The number of nitrogens with zero attached hydrogens (tertiary/aromatic N) is 2. The lowest BCUT2D eigenvalue weighted by Crippen LogP contribution is -2.19. The summed E-state index contributed by atoms with van der Waals surface area (Å²) < 4.78 is 34.7. The smallest absolute Gasteiger partial charge is 0.360 e. The molecule has 0 aliphatic heterocycles. The second-order valence-electron chi connectivity index (χ2n) is 6.15. The molecule has 0 fully saturated rings. The van der Waals surface area contributed by atoms with Crippen LogP contribution >= 0.6 is 11.6 Å². The number of benzene rings is 2. The molecule has 7 nitrogen and oxygen atoms in total. The SMILES string of the molecule is CCOC(=O)c1ncn(CCc2ccccc2)c1NS(=O)(=O)c1ccc(Cl)cc1. The number of carbonyl (C=O) groups excluding carboxylic acids is 1. The van der Waals surface area contributed by atoms with Crippen molar-refractivity contribution >= 4 is 33.4 Å². The third-order valence-corrected chi connectivity index (χ3v) is 5.75. The molecule has 29 heavy (non-hydrogen) atoms. The lowest BCUT2D eigenvalue weighted by Gasteiger charge is -2.13. The average molecular weight is 434 g/mol. The molecule has 0 radical (unpaired) electrons. The van der Waals surface area contributed by atoms with E-state index >= 15 is 0 Å². The second kappa shape index (κ2) is 9.11. The van der Waals surface area contributed by atoms with E-state index < -0.39 is 16.0 Å². The van der Waals surface area contributed by atoms with Crippen LogP contribution in [0.4, 0.5) is 5.82 Å². The van der Waals surface area contributed by atoms with E-state index in [1.165, 1.54) is 30.6 Å². The monoisotopic (exact) mass is 433 g/mol. The van der Waals surface area contributed by atoms with Crippen molar-refractivity contribution in [1.29, 1.82) is 0 Å². The molecule has 0 aliphatic carbocycles. The van der Waals surface area contributed by atoms with Crippen molar-refractivity contribution in [2.45, 2.75) is 24.8 Å². The number of rotatable bonds is 8. The lowest BCUT2D eigenvalue weighted by atomic mass is 10.1. The van der Waals surface area contributed by atoms with E-state index in [9.17, 15) is 13.2 Å². The Labute approximate surface area is 174 Å². The number of sulfonamides is 1. The summed E-state index contributed by atoms with van der Waals surface area (Å²) in [6.07, 6.45) is 2.06. The average Bonchev–Trinajstić information content (AvgIpc) is 3.09. The maximum atomic E-state index is 12.8. The van der Waals surface area contributed by atoms with Crippen LogP contribution in [-0.2, 0) is 27.7 Å². The summed E-state index contributed by atoms with van der Waals surface area (Å²) in [7, 11) is -3.95. The maximum Gasteiger partial charge on any atom is 0.360 e. The molecule has 1 aromatic heterocycles. The lowest BCUT2D eigenvalue weighted by molar-refractivity contribution is 0.0521. The molecule has 1 N–H and O–H groups in total. The number of imidazole rings is 1. The molecule has 0 bridgehead atoms. The largest absolute Gasteiger partial charge is 0.461 e. The Morgan fingerprint density at radius 1 is 1.14 bits per heavy atom. The van der Waals surface area contributed by atoms with Crippen LogP contribution in [0.3, 0.4) is 0 Å². The fraction of sp³-hybridized carbons (Fsp3) is 0.200. The molecule has 3 rings (SSSR count). The zero-order valence-electron chi connectivity index (χ0n) is 15.7. The van der Waals surface area contributed by atoms with E-state index in [4.69, 9.17) is 16.3 Å². The Hall–Kier alpha value is -2.84. The van der Waals surface area contributed by atoms with Crippen molar-refractivity contribution in [1.82, 2.24) is 9.55 Å². The molecule has 0 atom stereocenters. The van der Waals surface area contributed by atoms with Gasteiger partial charge >= 0.3 is 5.97 Å². The molecule has 0 unspecified atom stereocenters. The molecule has 1 heterocycles. The van der Waals surface area contributed by atoms with E-state index in [-0.39, 0.29) is 23.0 Å². The summed E-state index contributed by atoms with van der Waals surface area (Å²) in [5.41, 5.74) is 0.989. The Kier molecular flexibility index (Phi) is 6.56. The minimum atomic E-state index is -3.95. The first-order valence-electron chi connectivity index (χ1n) is 8.95. The fourth-order valence-corrected chi connectivity index (χ4v) is 3.91. The Morgan fingerprint density at radius 3 is 2.48 bits per heavy atom. The Morgan fingerprint density at radius 2 is 1.83 bits per heavy atom. The van der Waals surface area contributed by atoms with Crippen molar-refractivity contribution in [3.05, 3.63) is 77.2 Å². The highest BCUT2D eigenvalue weighted by Gasteiger charge is 2.24. The minimum Gasteiger partial charge on any atom is -0.461 e. The molecule has 2 aromatic carbocycles. The van der Waals surface area contributed by atoms with Gasteiger partial charge in [0, 0.05) is 11.6 Å². The maximum absolute atomic E-state index is 12.8. The Bertz CT molecular complexity index is 1080. The number of esters is 1. The van der Waals surface area contributed by atoms with Gasteiger partial charge in [0.05, 0.1) is 17.8 Å². The molecule has 0 amide bonds. The van der Waals surface area contributed by atoms with Gasteiger partial charge in [-0.05, 0) is 43.2 Å². The third-order valence-electron chi connectivity index (χ3n) is 4.15. The predicted molar refractivity (Wildman–Crippen MR) is 111 cm³/mol. The molecular weight excluding hydrogens is 414 g/mol. The summed E-state index contributed by atoms with van der Waals surface area (Å²) in [6, 6.07) is 15.5. The molecule has 0 spiro atoms. The van der Waals surface area contributed by atoms with Gasteiger partial charge in [-0.25, -0.2) is 18.2 Å². The van der Waals surface area contributed by atoms with E-state index in [1.807, 2.05) is 30.3 Å². The first-order valence-corrected chi connectivity index (χ1v) is 10.8. The van der Waals surface area contributed by atoms with Gasteiger partial charge < -0.3 is 9.30 Å². The van der Waals surface area contributed by atoms with Crippen LogP contribution in [0.2, 0.25) is 5.02 Å². The van der Waals surface area contributed by atoms with Crippen LogP contribution in [-0.4, -0.2) is 30.5 Å². The quantitative estimate of drug-likeness (QED) is 0.546. The van der Waals surface area contributed by atoms with Crippen LogP contribution in [0.15, 0.2) is 65.8 Å². The topological polar surface area (TPSA) is 90.3 Å². The fourth-order valence-electron chi connectivity index (χ4n) is 2.70. The number of anilines is 1. The first kappa shape index (κ1) is 20.9. The van der Waals surface area contributed by atoms with Gasteiger partial charge in [-0.1, -0.05) is 41.9 Å². The summed E-state index contributed by atoms with van der Waals surface area (Å²) in [5, 5.41) is 0.420.